The first kappa shape index (κ1) is 17.2. The van der Waals surface area contributed by atoms with Gasteiger partial charge < -0.3 is 20.4 Å². The molecule has 1 amide bonds. The molecule has 2 bridgehead atoms. The largest absolute Gasteiger partial charge is 0.493 e. The molecule has 0 unspecified atom stereocenters. The summed E-state index contributed by atoms with van der Waals surface area (Å²) in [5, 5.41) is 11.0. The highest BCUT2D eigenvalue weighted by atomic mass is 16.5. The molecule has 0 atom stereocenters. The maximum Gasteiger partial charge on any atom is 0.260 e. The van der Waals surface area contributed by atoms with E-state index in [4.69, 9.17) is 10.5 Å². The fourth-order valence-electron chi connectivity index (χ4n) is 3.00. The van der Waals surface area contributed by atoms with Gasteiger partial charge in [-0.25, -0.2) is 4.98 Å². The molecule has 27 heavy (non-hydrogen) atoms. The minimum atomic E-state index is -0.288. The third-order valence-corrected chi connectivity index (χ3v) is 4.41. The number of aryl methyl sites for hydroxylation is 1. The molecule has 138 valence electrons. The van der Waals surface area contributed by atoms with Gasteiger partial charge in [0, 0.05) is 13.1 Å². The number of benzene rings is 1. The van der Waals surface area contributed by atoms with E-state index in [1.54, 1.807) is 24.5 Å². The molecule has 2 aromatic heterocycles. The van der Waals surface area contributed by atoms with Crippen LogP contribution in [-0.2, 0) is 13.1 Å². The van der Waals surface area contributed by atoms with Crippen LogP contribution in [0.15, 0.2) is 42.7 Å². The van der Waals surface area contributed by atoms with Gasteiger partial charge >= 0.3 is 0 Å². The molecule has 0 fully saturated rings. The van der Waals surface area contributed by atoms with Gasteiger partial charge in [0.2, 0.25) is 0 Å². The normalized spacial score (nSPS) is 14.3. The van der Waals surface area contributed by atoms with E-state index in [-0.39, 0.29) is 5.91 Å². The van der Waals surface area contributed by atoms with Gasteiger partial charge in [-0.05, 0) is 42.7 Å². The molecular formula is C19H20N6O2. The number of nitrogens with zero attached hydrogens (tertiary/aromatic N) is 4. The first-order valence-corrected chi connectivity index (χ1v) is 8.87. The van der Waals surface area contributed by atoms with Crippen molar-refractivity contribution in [3.8, 4) is 17.3 Å². The van der Waals surface area contributed by atoms with Gasteiger partial charge in [-0.3, -0.25) is 4.79 Å². The van der Waals surface area contributed by atoms with Crippen molar-refractivity contribution in [1.29, 1.82) is 0 Å². The van der Waals surface area contributed by atoms with Gasteiger partial charge in [-0.2, -0.15) is 0 Å². The number of anilines is 1. The van der Waals surface area contributed by atoms with E-state index in [1.165, 1.54) is 0 Å². The molecule has 1 aromatic carbocycles. The first-order chi connectivity index (χ1) is 13.2. The summed E-state index contributed by atoms with van der Waals surface area (Å²) >= 11 is 0. The second kappa shape index (κ2) is 7.55. The summed E-state index contributed by atoms with van der Waals surface area (Å²) in [6, 6.07) is 10.8. The number of aromatic nitrogens is 4. The number of nitrogens with two attached hydrogens (primary N) is 1. The number of hydrogen-bond donors (Lipinski definition) is 2. The highest BCUT2D eigenvalue weighted by Gasteiger charge is 2.16. The molecule has 0 radical (unpaired) electrons. The summed E-state index contributed by atoms with van der Waals surface area (Å²) in [4.78, 5) is 17.4. The standard InChI is InChI=1S/C19H20N6O2/c20-11-13-6-7-16-14(10-13)19(26)23-17-5-3-4-15(22-17)18-24-21-12-25(18)8-1-2-9-27-16/h3-7,10,12H,1-2,8-9,11,20H2,(H,22,23,26). The molecule has 1 aliphatic heterocycles. The van der Waals surface area contributed by atoms with E-state index in [9.17, 15) is 4.79 Å². The zero-order valence-electron chi connectivity index (χ0n) is 14.8. The van der Waals surface area contributed by atoms with Crippen LogP contribution in [0.5, 0.6) is 5.75 Å². The predicted octanol–water partition coefficient (Wildman–Crippen LogP) is 2.22. The minimum absolute atomic E-state index is 0.288. The minimum Gasteiger partial charge on any atom is -0.493 e. The Morgan fingerprint density at radius 2 is 2.15 bits per heavy atom. The number of pyridine rings is 1. The lowest BCUT2D eigenvalue weighted by Gasteiger charge is -2.14. The molecule has 0 saturated heterocycles. The quantitative estimate of drug-likeness (QED) is 0.685. The van der Waals surface area contributed by atoms with Crippen LogP contribution in [0.2, 0.25) is 0 Å². The molecule has 3 N–H and O–H groups in total. The Balaban J connectivity index is 1.74. The van der Waals surface area contributed by atoms with E-state index in [2.05, 4.69) is 20.5 Å². The molecular weight excluding hydrogens is 344 g/mol. The fourth-order valence-corrected chi connectivity index (χ4v) is 3.00. The predicted molar refractivity (Wildman–Crippen MR) is 100 cm³/mol. The van der Waals surface area contributed by atoms with Crippen LogP contribution in [0, 0.1) is 0 Å². The average Bonchev–Trinajstić information content (AvgIpc) is 3.16. The SMILES string of the molecule is NCc1ccc2c(c1)C(=O)Nc1cccc(n1)-c1nncn1CCCCO2. The smallest absolute Gasteiger partial charge is 0.260 e. The highest BCUT2D eigenvalue weighted by molar-refractivity contribution is 6.06. The van der Waals surface area contributed by atoms with Crippen molar-refractivity contribution in [2.75, 3.05) is 11.9 Å². The first-order valence-electron chi connectivity index (χ1n) is 8.87. The lowest BCUT2D eigenvalue weighted by Crippen LogP contribution is -2.16. The third kappa shape index (κ3) is 3.65. The summed E-state index contributed by atoms with van der Waals surface area (Å²) in [6.07, 6.45) is 3.43. The number of rotatable bonds is 1. The Bertz CT molecular complexity index is 968. The zero-order chi connectivity index (χ0) is 18.6. The number of nitrogens with one attached hydrogen (secondary N) is 1. The monoisotopic (exact) mass is 364 g/mol. The second-order valence-corrected chi connectivity index (χ2v) is 6.30. The maximum atomic E-state index is 12.8. The van der Waals surface area contributed by atoms with Crippen LogP contribution < -0.4 is 15.8 Å². The van der Waals surface area contributed by atoms with Crippen LogP contribution in [0.4, 0.5) is 5.82 Å². The Morgan fingerprint density at radius 3 is 3.04 bits per heavy atom. The van der Waals surface area contributed by atoms with Crippen LogP contribution in [0.1, 0.15) is 28.8 Å². The van der Waals surface area contributed by atoms with Crippen molar-refractivity contribution in [3.05, 3.63) is 53.9 Å². The topological polar surface area (TPSA) is 108 Å². The number of amides is 1. The van der Waals surface area contributed by atoms with Crippen molar-refractivity contribution in [3.63, 3.8) is 0 Å². The van der Waals surface area contributed by atoms with E-state index in [1.807, 2.05) is 22.8 Å². The number of fused-ring (bicyclic) bond motifs is 5. The molecule has 4 rings (SSSR count). The highest BCUT2D eigenvalue weighted by Crippen LogP contribution is 2.23. The Labute approximate surface area is 156 Å². The maximum absolute atomic E-state index is 12.8. The van der Waals surface area contributed by atoms with Crippen molar-refractivity contribution >= 4 is 11.7 Å². The number of carbonyl (C=O) groups excluding carboxylic acids is 1. The summed E-state index contributed by atoms with van der Waals surface area (Å²) in [5.74, 6) is 1.37. The molecule has 8 heteroatoms. The van der Waals surface area contributed by atoms with E-state index >= 15 is 0 Å². The van der Waals surface area contributed by atoms with E-state index in [0.29, 0.717) is 41.8 Å². The van der Waals surface area contributed by atoms with Gasteiger partial charge in [-0.1, -0.05) is 12.1 Å². The summed E-state index contributed by atoms with van der Waals surface area (Å²) in [5.41, 5.74) is 7.70. The molecule has 8 nitrogen and oxygen atoms in total. The molecule has 3 heterocycles. The van der Waals surface area contributed by atoms with E-state index in [0.717, 1.165) is 24.9 Å². The second-order valence-electron chi connectivity index (χ2n) is 6.30. The average molecular weight is 364 g/mol. The van der Waals surface area contributed by atoms with Crippen molar-refractivity contribution in [1.82, 2.24) is 19.7 Å². The van der Waals surface area contributed by atoms with Crippen molar-refractivity contribution in [2.24, 2.45) is 5.73 Å². The van der Waals surface area contributed by atoms with Crippen LogP contribution in [0.25, 0.3) is 11.5 Å². The van der Waals surface area contributed by atoms with Gasteiger partial charge in [0.05, 0.1) is 12.2 Å². The van der Waals surface area contributed by atoms with Gasteiger partial charge in [0.25, 0.3) is 5.91 Å². The summed E-state index contributed by atoms with van der Waals surface area (Å²) in [6.45, 7) is 1.64. The lowest BCUT2D eigenvalue weighted by molar-refractivity contribution is 0.102. The molecule has 1 aliphatic rings. The fraction of sp³-hybridized carbons (Fsp3) is 0.263. The Kier molecular flexibility index (Phi) is 4.80. The van der Waals surface area contributed by atoms with Gasteiger partial charge in [-0.15, -0.1) is 10.2 Å². The van der Waals surface area contributed by atoms with E-state index < -0.39 is 0 Å². The van der Waals surface area contributed by atoms with Crippen LogP contribution >= 0.6 is 0 Å². The van der Waals surface area contributed by atoms with Gasteiger partial charge in [0.15, 0.2) is 5.82 Å². The number of hydrogen-bond acceptors (Lipinski definition) is 6. The van der Waals surface area contributed by atoms with Crippen LogP contribution in [0.3, 0.4) is 0 Å². The van der Waals surface area contributed by atoms with Crippen molar-refractivity contribution in [2.45, 2.75) is 25.9 Å². The molecule has 0 spiro atoms. The third-order valence-electron chi connectivity index (χ3n) is 4.41. The summed E-state index contributed by atoms with van der Waals surface area (Å²) < 4.78 is 7.82. The molecule has 0 saturated carbocycles. The Hall–Kier alpha value is -3.26. The van der Waals surface area contributed by atoms with Crippen LogP contribution in [-0.4, -0.2) is 32.3 Å². The molecule has 3 aromatic rings. The number of ether oxygens (including phenoxy) is 1. The van der Waals surface area contributed by atoms with Gasteiger partial charge in [0.1, 0.15) is 23.6 Å². The Morgan fingerprint density at radius 1 is 1.22 bits per heavy atom. The number of carbonyl (C=O) groups is 1. The zero-order valence-corrected chi connectivity index (χ0v) is 14.8. The van der Waals surface area contributed by atoms with Crippen molar-refractivity contribution < 1.29 is 9.53 Å². The summed E-state index contributed by atoms with van der Waals surface area (Å²) in [7, 11) is 0. The molecule has 0 aliphatic carbocycles. The lowest BCUT2D eigenvalue weighted by atomic mass is 10.1.